The lowest BCUT2D eigenvalue weighted by molar-refractivity contribution is 0.114. The standard InChI is InChI=1S/C9H20N4O.ClH/c10-9(11)1-2-12-3-5-13(6-4-12)7-8-14;/h14H,1-8H2,(H3,10,11);1H. The van der Waals surface area contributed by atoms with Crippen molar-refractivity contribution in [3.05, 3.63) is 0 Å². The number of hydrogen-bond acceptors (Lipinski definition) is 4. The molecule has 1 rings (SSSR count). The van der Waals surface area contributed by atoms with Crippen LogP contribution in [-0.4, -0.2) is 66.6 Å². The van der Waals surface area contributed by atoms with Gasteiger partial charge in [0.25, 0.3) is 0 Å². The monoisotopic (exact) mass is 236 g/mol. The molecule has 1 saturated heterocycles. The first kappa shape index (κ1) is 14.6. The highest BCUT2D eigenvalue weighted by Crippen LogP contribution is 2.01. The number of piperazine rings is 1. The molecule has 15 heavy (non-hydrogen) atoms. The molecule has 0 atom stereocenters. The zero-order valence-electron chi connectivity index (χ0n) is 8.98. The largest absolute Gasteiger partial charge is 0.395 e. The van der Waals surface area contributed by atoms with Gasteiger partial charge in [-0.3, -0.25) is 10.3 Å². The molecule has 4 N–H and O–H groups in total. The molecule has 0 amide bonds. The first-order chi connectivity index (χ1) is 6.72. The number of aliphatic hydroxyl groups is 1. The van der Waals surface area contributed by atoms with Crippen LogP contribution >= 0.6 is 12.4 Å². The maximum absolute atomic E-state index is 8.76. The van der Waals surface area contributed by atoms with Crippen LogP contribution in [0.3, 0.4) is 0 Å². The molecular weight excluding hydrogens is 216 g/mol. The molecule has 0 aromatic rings. The number of rotatable bonds is 5. The van der Waals surface area contributed by atoms with Crippen LogP contribution in [0, 0.1) is 5.41 Å². The Kier molecular flexibility index (Phi) is 7.68. The predicted octanol–water partition coefficient (Wildman–Crippen LogP) is -0.656. The third kappa shape index (κ3) is 5.94. The molecule has 0 radical (unpaired) electrons. The predicted molar refractivity (Wildman–Crippen MR) is 63.7 cm³/mol. The van der Waals surface area contributed by atoms with Gasteiger partial charge in [-0.2, -0.15) is 0 Å². The summed E-state index contributed by atoms with van der Waals surface area (Å²) in [6.45, 7) is 5.98. The molecule has 1 fully saturated rings. The number of amidine groups is 1. The number of nitrogens with one attached hydrogen (secondary N) is 1. The molecule has 0 bridgehead atoms. The van der Waals surface area contributed by atoms with Crippen molar-refractivity contribution in [1.82, 2.24) is 9.80 Å². The summed E-state index contributed by atoms with van der Waals surface area (Å²) < 4.78 is 0. The molecular formula is C9H21ClN4O. The number of halogens is 1. The van der Waals surface area contributed by atoms with Gasteiger partial charge in [0.2, 0.25) is 0 Å². The SMILES string of the molecule is Cl.N=C(N)CCN1CCN(CCO)CC1. The van der Waals surface area contributed by atoms with Gasteiger partial charge in [0, 0.05) is 45.7 Å². The van der Waals surface area contributed by atoms with Crippen LogP contribution in [0.5, 0.6) is 0 Å². The Morgan fingerprint density at radius 3 is 2.00 bits per heavy atom. The van der Waals surface area contributed by atoms with E-state index in [9.17, 15) is 0 Å². The van der Waals surface area contributed by atoms with Crippen molar-refractivity contribution in [2.45, 2.75) is 6.42 Å². The van der Waals surface area contributed by atoms with Crippen LogP contribution in [0.15, 0.2) is 0 Å². The van der Waals surface area contributed by atoms with E-state index in [1.807, 2.05) is 0 Å². The van der Waals surface area contributed by atoms with Crippen molar-refractivity contribution in [3.63, 3.8) is 0 Å². The minimum absolute atomic E-state index is 0. The van der Waals surface area contributed by atoms with Gasteiger partial charge in [0.05, 0.1) is 12.4 Å². The van der Waals surface area contributed by atoms with E-state index in [4.69, 9.17) is 16.2 Å². The number of nitrogens with zero attached hydrogens (tertiary/aromatic N) is 2. The summed E-state index contributed by atoms with van der Waals surface area (Å²) in [5.74, 6) is 0.266. The summed E-state index contributed by atoms with van der Waals surface area (Å²) in [7, 11) is 0. The second kappa shape index (κ2) is 7.87. The molecule has 0 aromatic heterocycles. The summed E-state index contributed by atoms with van der Waals surface area (Å²) in [5.41, 5.74) is 5.30. The van der Waals surface area contributed by atoms with Gasteiger partial charge in [0.15, 0.2) is 0 Å². The smallest absolute Gasteiger partial charge is 0.0918 e. The van der Waals surface area contributed by atoms with Crippen molar-refractivity contribution >= 4 is 18.2 Å². The van der Waals surface area contributed by atoms with Crippen LogP contribution in [0.1, 0.15) is 6.42 Å². The van der Waals surface area contributed by atoms with Crippen molar-refractivity contribution in [2.24, 2.45) is 5.73 Å². The summed E-state index contributed by atoms with van der Waals surface area (Å²) in [4.78, 5) is 4.57. The Bertz CT molecular complexity index is 183. The van der Waals surface area contributed by atoms with Crippen molar-refractivity contribution in [2.75, 3.05) is 45.9 Å². The zero-order valence-corrected chi connectivity index (χ0v) is 9.80. The Balaban J connectivity index is 0.00000196. The molecule has 1 heterocycles. The highest BCUT2D eigenvalue weighted by Gasteiger charge is 2.15. The third-order valence-electron chi connectivity index (χ3n) is 2.58. The van der Waals surface area contributed by atoms with Gasteiger partial charge in [-0.15, -0.1) is 12.4 Å². The van der Waals surface area contributed by atoms with E-state index in [2.05, 4.69) is 9.80 Å². The van der Waals surface area contributed by atoms with Gasteiger partial charge in [0.1, 0.15) is 0 Å². The topological polar surface area (TPSA) is 76.6 Å². The van der Waals surface area contributed by atoms with E-state index in [0.29, 0.717) is 6.42 Å². The van der Waals surface area contributed by atoms with E-state index < -0.39 is 0 Å². The first-order valence-electron chi connectivity index (χ1n) is 5.11. The van der Waals surface area contributed by atoms with Crippen LogP contribution in [-0.2, 0) is 0 Å². The van der Waals surface area contributed by atoms with Gasteiger partial charge >= 0.3 is 0 Å². The van der Waals surface area contributed by atoms with Gasteiger partial charge in [-0.25, -0.2) is 0 Å². The maximum Gasteiger partial charge on any atom is 0.0918 e. The van der Waals surface area contributed by atoms with Crippen LogP contribution in [0.4, 0.5) is 0 Å². The van der Waals surface area contributed by atoms with Gasteiger partial charge in [-0.05, 0) is 0 Å². The molecule has 0 aromatic carbocycles. The lowest BCUT2D eigenvalue weighted by Gasteiger charge is -2.34. The van der Waals surface area contributed by atoms with E-state index in [0.717, 1.165) is 39.3 Å². The van der Waals surface area contributed by atoms with Crippen LogP contribution in [0.25, 0.3) is 0 Å². The minimum Gasteiger partial charge on any atom is -0.395 e. The fraction of sp³-hybridized carbons (Fsp3) is 0.889. The van der Waals surface area contributed by atoms with E-state index >= 15 is 0 Å². The molecule has 0 spiro atoms. The van der Waals surface area contributed by atoms with Crippen LogP contribution in [0.2, 0.25) is 0 Å². The number of nitrogens with two attached hydrogens (primary N) is 1. The average molecular weight is 237 g/mol. The number of hydrogen-bond donors (Lipinski definition) is 3. The van der Waals surface area contributed by atoms with Crippen molar-refractivity contribution < 1.29 is 5.11 Å². The fourth-order valence-electron chi connectivity index (χ4n) is 1.66. The molecule has 1 aliphatic heterocycles. The number of β-amino-alcohol motifs (C(OH)–C–C–N with tert-alkyl or cyclic N) is 1. The summed E-state index contributed by atoms with van der Waals surface area (Å²) in [5, 5.41) is 15.9. The normalized spacial score (nSPS) is 18.5. The Labute approximate surface area is 97.1 Å². The van der Waals surface area contributed by atoms with Gasteiger partial charge in [-0.1, -0.05) is 0 Å². The molecule has 90 valence electrons. The van der Waals surface area contributed by atoms with Gasteiger partial charge < -0.3 is 15.7 Å². The second-order valence-corrected chi connectivity index (χ2v) is 3.68. The second-order valence-electron chi connectivity index (χ2n) is 3.68. The highest BCUT2D eigenvalue weighted by atomic mass is 35.5. The molecule has 6 heteroatoms. The molecule has 0 unspecified atom stereocenters. The quantitative estimate of drug-likeness (QED) is 0.438. The lowest BCUT2D eigenvalue weighted by Crippen LogP contribution is -2.47. The Hall–Kier alpha value is -0.360. The van der Waals surface area contributed by atoms with Crippen molar-refractivity contribution in [3.8, 4) is 0 Å². The van der Waals surface area contributed by atoms with Crippen LogP contribution < -0.4 is 5.73 Å². The Morgan fingerprint density at radius 2 is 1.60 bits per heavy atom. The van der Waals surface area contributed by atoms with Crippen molar-refractivity contribution in [1.29, 1.82) is 5.41 Å². The summed E-state index contributed by atoms with van der Waals surface area (Å²) in [6, 6.07) is 0. The third-order valence-corrected chi connectivity index (χ3v) is 2.58. The molecule has 1 aliphatic rings. The minimum atomic E-state index is 0. The Morgan fingerprint density at radius 1 is 1.13 bits per heavy atom. The number of aliphatic hydroxyl groups excluding tert-OH is 1. The summed E-state index contributed by atoms with van der Waals surface area (Å²) >= 11 is 0. The van der Waals surface area contributed by atoms with E-state index in [-0.39, 0.29) is 24.8 Å². The first-order valence-corrected chi connectivity index (χ1v) is 5.11. The molecule has 5 nitrogen and oxygen atoms in total. The maximum atomic E-state index is 8.76. The van der Waals surface area contributed by atoms with E-state index in [1.54, 1.807) is 0 Å². The van der Waals surface area contributed by atoms with E-state index in [1.165, 1.54) is 0 Å². The molecule has 0 saturated carbocycles. The fourth-order valence-corrected chi connectivity index (χ4v) is 1.66. The lowest BCUT2D eigenvalue weighted by atomic mass is 10.3. The average Bonchev–Trinajstić information content (AvgIpc) is 2.17. The highest BCUT2D eigenvalue weighted by molar-refractivity contribution is 5.85. The molecule has 0 aliphatic carbocycles. The summed E-state index contributed by atoms with van der Waals surface area (Å²) in [6.07, 6.45) is 0.667. The zero-order chi connectivity index (χ0) is 10.4.